The van der Waals surface area contributed by atoms with Crippen molar-refractivity contribution in [3.63, 3.8) is 0 Å². The lowest BCUT2D eigenvalue weighted by atomic mass is 10.0. The zero-order valence-electron chi connectivity index (χ0n) is 9.60. The number of aromatic amines is 1. The van der Waals surface area contributed by atoms with E-state index in [9.17, 15) is 4.79 Å². The normalized spacial score (nSPS) is 14.1. The standard InChI is InChI=1S/C9H17N5O.ClH/c1-5(2)7(10)9(15)13-6(3)8-11-4-12-14-8;/h4-7H,10H2,1-3H3,(H,13,15)(H,11,12,14);1H/t6?,7-;/m0./s1. The Labute approximate surface area is 101 Å². The van der Waals surface area contributed by atoms with Crippen LogP contribution in [0.4, 0.5) is 0 Å². The molecule has 4 N–H and O–H groups in total. The van der Waals surface area contributed by atoms with E-state index in [4.69, 9.17) is 5.73 Å². The Morgan fingerprint density at radius 2 is 2.12 bits per heavy atom. The third-order valence-electron chi connectivity index (χ3n) is 2.22. The van der Waals surface area contributed by atoms with Crippen LogP contribution in [0.2, 0.25) is 0 Å². The molecule has 0 aliphatic heterocycles. The van der Waals surface area contributed by atoms with Gasteiger partial charge in [0.2, 0.25) is 5.91 Å². The molecule has 2 atom stereocenters. The number of carbonyl (C=O) groups excluding carboxylic acids is 1. The molecule has 0 fully saturated rings. The molecule has 0 aliphatic rings. The molecule has 16 heavy (non-hydrogen) atoms. The topological polar surface area (TPSA) is 96.7 Å². The van der Waals surface area contributed by atoms with Gasteiger partial charge >= 0.3 is 0 Å². The van der Waals surface area contributed by atoms with Crippen LogP contribution in [0, 0.1) is 5.92 Å². The number of hydrogen-bond acceptors (Lipinski definition) is 4. The molecule has 0 aliphatic carbocycles. The van der Waals surface area contributed by atoms with Crippen LogP contribution in [0.5, 0.6) is 0 Å². The van der Waals surface area contributed by atoms with Crippen molar-refractivity contribution in [2.24, 2.45) is 11.7 Å². The Kier molecular flexibility index (Phi) is 5.98. The molecule has 1 unspecified atom stereocenters. The van der Waals surface area contributed by atoms with E-state index in [-0.39, 0.29) is 30.3 Å². The van der Waals surface area contributed by atoms with E-state index in [0.717, 1.165) is 0 Å². The Morgan fingerprint density at radius 3 is 2.56 bits per heavy atom. The maximum Gasteiger partial charge on any atom is 0.237 e. The minimum absolute atomic E-state index is 0. The fourth-order valence-corrected chi connectivity index (χ4v) is 1.10. The molecule has 0 saturated carbocycles. The molecule has 0 aromatic carbocycles. The van der Waals surface area contributed by atoms with Crippen molar-refractivity contribution in [1.29, 1.82) is 0 Å². The van der Waals surface area contributed by atoms with Crippen LogP contribution in [-0.4, -0.2) is 27.1 Å². The highest BCUT2D eigenvalue weighted by Gasteiger charge is 2.20. The smallest absolute Gasteiger partial charge is 0.237 e. The molecule has 1 aromatic rings. The summed E-state index contributed by atoms with van der Waals surface area (Å²) in [6.45, 7) is 5.64. The SMILES string of the molecule is CC(NC(=O)[C@@H](N)C(C)C)c1ncn[nH]1.Cl. The van der Waals surface area contributed by atoms with Gasteiger partial charge in [0.1, 0.15) is 12.2 Å². The molecule has 92 valence electrons. The number of amides is 1. The molecule has 7 heteroatoms. The highest BCUT2D eigenvalue weighted by molar-refractivity contribution is 5.85. The predicted molar refractivity (Wildman–Crippen MR) is 63.0 cm³/mol. The Hall–Kier alpha value is -1.14. The summed E-state index contributed by atoms with van der Waals surface area (Å²) in [5, 5.41) is 9.17. The molecular formula is C9H18ClN5O. The highest BCUT2D eigenvalue weighted by atomic mass is 35.5. The van der Waals surface area contributed by atoms with Crippen LogP contribution >= 0.6 is 12.4 Å². The summed E-state index contributed by atoms with van der Waals surface area (Å²) in [5.74, 6) is 0.570. The number of H-pyrrole nitrogens is 1. The van der Waals surface area contributed by atoms with Gasteiger partial charge < -0.3 is 11.1 Å². The first-order valence-electron chi connectivity index (χ1n) is 4.93. The molecule has 0 bridgehead atoms. The number of nitrogens with one attached hydrogen (secondary N) is 2. The van der Waals surface area contributed by atoms with E-state index < -0.39 is 6.04 Å². The Morgan fingerprint density at radius 1 is 1.50 bits per heavy atom. The van der Waals surface area contributed by atoms with E-state index in [1.54, 1.807) is 0 Å². The average Bonchev–Trinajstić information content (AvgIpc) is 2.68. The summed E-state index contributed by atoms with van der Waals surface area (Å²) in [7, 11) is 0. The number of aromatic nitrogens is 3. The zero-order chi connectivity index (χ0) is 11.4. The minimum atomic E-state index is -0.490. The Balaban J connectivity index is 0.00000225. The number of rotatable bonds is 4. The van der Waals surface area contributed by atoms with Gasteiger partial charge in [0, 0.05) is 0 Å². The zero-order valence-corrected chi connectivity index (χ0v) is 10.4. The van der Waals surface area contributed by atoms with Gasteiger partial charge in [-0.3, -0.25) is 9.89 Å². The Bertz CT molecular complexity index is 314. The van der Waals surface area contributed by atoms with E-state index >= 15 is 0 Å². The molecule has 1 amide bonds. The second-order valence-electron chi connectivity index (χ2n) is 3.87. The second-order valence-corrected chi connectivity index (χ2v) is 3.87. The molecule has 1 rings (SSSR count). The minimum Gasteiger partial charge on any atom is -0.345 e. The maximum absolute atomic E-state index is 11.6. The highest BCUT2D eigenvalue weighted by Crippen LogP contribution is 2.06. The van der Waals surface area contributed by atoms with Crippen LogP contribution in [0.3, 0.4) is 0 Å². The second kappa shape index (κ2) is 6.44. The summed E-state index contributed by atoms with van der Waals surface area (Å²) < 4.78 is 0. The predicted octanol–water partition coefficient (Wildman–Crippen LogP) is 0.387. The fraction of sp³-hybridized carbons (Fsp3) is 0.667. The third kappa shape index (κ3) is 3.79. The van der Waals surface area contributed by atoms with E-state index in [0.29, 0.717) is 5.82 Å². The molecule has 6 nitrogen and oxygen atoms in total. The number of nitrogens with two attached hydrogens (primary N) is 1. The van der Waals surface area contributed by atoms with Crippen LogP contribution in [0.25, 0.3) is 0 Å². The molecule has 0 saturated heterocycles. The monoisotopic (exact) mass is 247 g/mol. The molecule has 0 radical (unpaired) electrons. The van der Waals surface area contributed by atoms with E-state index in [1.807, 2.05) is 20.8 Å². The van der Waals surface area contributed by atoms with E-state index in [1.165, 1.54) is 6.33 Å². The summed E-state index contributed by atoms with van der Waals surface area (Å²) in [4.78, 5) is 15.5. The first kappa shape index (κ1) is 14.9. The van der Waals surface area contributed by atoms with Crippen molar-refractivity contribution < 1.29 is 4.79 Å². The third-order valence-corrected chi connectivity index (χ3v) is 2.22. The van der Waals surface area contributed by atoms with Gasteiger partial charge in [0.15, 0.2) is 0 Å². The molecule has 1 aromatic heterocycles. The first-order chi connectivity index (χ1) is 7.02. The van der Waals surface area contributed by atoms with Crippen LogP contribution in [0.15, 0.2) is 6.33 Å². The summed E-state index contributed by atoms with van der Waals surface area (Å²) in [5.41, 5.74) is 5.70. The van der Waals surface area contributed by atoms with Crippen LogP contribution < -0.4 is 11.1 Å². The van der Waals surface area contributed by atoms with Gasteiger partial charge in [0.05, 0.1) is 12.1 Å². The van der Waals surface area contributed by atoms with Crippen molar-refractivity contribution in [1.82, 2.24) is 20.5 Å². The molecule has 0 spiro atoms. The van der Waals surface area contributed by atoms with Crippen molar-refractivity contribution in [2.45, 2.75) is 32.9 Å². The van der Waals surface area contributed by atoms with Crippen molar-refractivity contribution in [3.8, 4) is 0 Å². The van der Waals surface area contributed by atoms with Gasteiger partial charge in [-0.2, -0.15) is 5.10 Å². The molecule has 1 heterocycles. The number of hydrogen-bond donors (Lipinski definition) is 3. The summed E-state index contributed by atoms with van der Waals surface area (Å²) in [6.07, 6.45) is 1.40. The van der Waals surface area contributed by atoms with Crippen LogP contribution in [0.1, 0.15) is 32.6 Å². The average molecular weight is 248 g/mol. The fourth-order valence-electron chi connectivity index (χ4n) is 1.10. The molecular weight excluding hydrogens is 230 g/mol. The number of nitrogens with zero attached hydrogens (tertiary/aromatic N) is 2. The van der Waals surface area contributed by atoms with Crippen molar-refractivity contribution in [2.75, 3.05) is 0 Å². The van der Waals surface area contributed by atoms with Gasteiger partial charge in [-0.05, 0) is 12.8 Å². The summed E-state index contributed by atoms with van der Waals surface area (Å²) >= 11 is 0. The van der Waals surface area contributed by atoms with Gasteiger partial charge in [-0.1, -0.05) is 13.8 Å². The summed E-state index contributed by atoms with van der Waals surface area (Å²) in [6, 6.07) is -0.694. The first-order valence-corrected chi connectivity index (χ1v) is 4.93. The lowest BCUT2D eigenvalue weighted by molar-refractivity contribution is -0.123. The van der Waals surface area contributed by atoms with Crippen LogP contribution in [-0.2, 0) is 4.79 Å². The van der Waals surface area contributed by atoms with Crippen molar-refractivity contribution in [3.05, 3.63) is 12.2 Å². The maximum atomic E-state index is 11.6. The number of carbonyl (C=O) groups is 1. The van der Waals surface area contributed by atoms with Gasteiger partial charge in [-0.25, -0.2) is 4.98 Å². The van der Waals surface area contributed by atoms with Gasteiger partial charge in [0.25, 0.3) is 0 Å². The van der Waals surface area contributed by atoms with Gasteiger partial charge in [-0.15, -0.1) is 12.4 Å². The number of halogens is 1. The quantitative estimate of drug-likeness (QED) is 0.717. The van der Waals surface area contributed by atoms with Crippen molar-refractivity contribution >= 4 is 18.3 Å². The largest absolute Gasteiger partial charge is 0.345 e. The lowest BCUT2D eigenvalue weighted by Gasteiger charge is -2.18. The lowest BCUT2D eigenvalue weighted by Crippen LogP contribution is -2.44. The van der Waals surface area contributed by atoms with E-state index in [2.05, 4.69) is 20.5 Å².